The van der Waals surface area contributed by atoms with Crippen LogP contribution in [0.5, 0.6) is 5.75 Å². The summed E-state index contributed by atoms with van der Waals surface area (Å²) in [4.78, 5) is 10.9. The molecule has 7 nitrogen and oxygen atoms in total. The molecule has 0 radical (unpaired) electrons. The summed E-state index contributed by atoms with van der Waals surface area (Å²) in [7, 11) is 0. The first-order valence-corrected chi connectivity index (χ1v) is 13.2. The number of hydrogen-bond acceptors (Lipinski definition) is 4. The number of halogens is 4. The Balaban J connectivity index is 1.56. The molecule has 0 aliphatic carbocycles. The lowest BCUT2D eigenvalue weighted by molar-refractivity contribution is -0.688. The van der Waals surface area contributed by atoms with Crippen LogP contribution < -0.4 is 9.30 Å². The van der Waals surface area contributed by atoms with Gasteiger partial charge >= 0.3 is 0 Å². The van der Waals surface area contributed by atoms with E-state index in [2.05, 4.69) is 0 Å². The molecule has 198 valence electrons. The number of rotatable bonds is 11. The van der Waals surface area contributed by atoms with Crippen LogP contribution in [-0.2, 0) is 24.4 Å². The van der Waals surface area contributed by atoms with Gasteiger partial charge in [-0.05, 0) is 42.8 Å². The number of ether oxygens (including phenoxy) is 2. The third kappa shape index (κ3) is 7.18. The summed E-state index contributed by atoms with van der Waals surface area (Å²) < 4.78 is 15.8. The third-order valence-electron chi connectivity index (χ3n) is 5.80. The zero-order chi connectivity index (χ0) is 27.2. The van der Waals surface area contributed by atoms with Crippen molar-refractivity contribution < 1.29 is 19.0 Å². The monoisotopic (exact) mass is 594 g/mol. The van der Waals surface area contributed by atoms with Gasteiger partial charge in [-0.3, -0.25) is 10.1 Å². The molecule has 0 aliphatic rings. The second kappa shape index (κ2) is 12.8. The summed E-state index contributed by atoms with van der Waals surface area (Å²) in [5.41, 5.74) is 2.28. The molecule has 0 amide bonds. The maximum atomic E-state index is 11.3. The van der Waals surface area contributed by atoms with Crippen molar-refractivity contribution >= 4 is 52.1 Å². The first-order valence-electron chi connectivity index (χ1n) is 11.7. The Morgan fingerprint density at radius 1 is 0.974 bits per heavy atom. The highest BCUT2D eigenvalue weighted by atomic mass is 35.5. The van der Waals surface area contributed by atoms with Crippen LogP contribution in [0.2, 0.25) is 20.1 Å². The first-order chi connectivity index (χ1) is 18.2. The lowest BCUT2D eigenvalue weighted by Gasteiger charge is -2.19. The second-order valence-corrected chi connectivity index (χ2v) is 10.2. The molecular formula is C27H24Cl4N3O4+. The zero-order valence-corrected chi connectivity index (χ0v) is 23.3. The van der Waals surface area contributed by atoms with Gasteiger partial charge in [0.05, 0.1) is 18.1 Å². The Kier molecular flexibility index (Phi) is 9.52. The second-order valence-electron chi connectivity index (χ2n) is 8.47. The zero-order valence-electron chi connectivity index (χ0n) is 20.3. The van der Waals surface area contributed by atoms with Crippen LogP contribution in [0, 0.1) is 10.1 Å². The predicted octanol–water partition coefficient (Wildman–Crippen LogP) is 7.70. The van der Waals surface area contributed by atoms with Crippen molar-refractivity contribution in [1.29, 1.82) is 0 Å². The normalized spacial score (nSPS) is 11.9. The fraction of sp³-hybridized carbons (Fsp3) is 0.222. The van der Waals surface area contributed by atoms with Crippen LogP contribution >= 0.6 is 46.4 Å². The maximum absolute atomic E-state index is 11.3. The molecule has 38 heavy (non-hydrogen) atoms. The Hall–Kier alpha value is -2.81. The van der Waals surface area contributed by atoms with E-state index < -0.39 is 11.0 Å². The topological polar surface area (TPSA) is 70.4 Å². The van der Waals surface area contributed by atoms with Crippen LogP contribution in [0.1, 0.15) is 29.7 Å². The van der Waals surface area contributed by atoms with E-state index in [-0.39, 0.29) is 12.3 Å². The molecule has 0 N–H and O–H groups in total. The molecular weight excluding hydrogens is 572 g/mol. The Labute approximate surface area is 240 Å². The molecule has 1 unspecified atom stereocenters. The molecule has 3 aromatic carbocycles. The van der Waals surface area contributed by atoms with Gasteiger partial charge in [0.15, 0.2) is 0 Å². The molecule has 1 heterocycles. The molecule has 1 atom stereocenters. The van der Waals surface area contributed by atoms with Crippen LogP contribution in [0.15, 0.2) is 73.3 Å². The highest BCUT2D eigenvalue weighted by molar-refractivity contribution is 6.35. The van der Waals surface area contributed by atoms with Gasteiger partial charge < -0.3 is 9.47 Å². The third-order valence-corrected chi connectivity index (χ3v) is 6.94. The van der Waals surface area contributed by atoms with Crippen LogP contribution in [0.25, 0.3) is 0 Å². The van der Waals surface area contributed by atoms with E-state index in [0.717, 1.165) is 11.1 Å². The summed E-state index contributed by atoms with van der Waals surface area (Å²) in [6.07, 6.45) is 5.24. The van der Waals surface area contributed by atoms with Crippen molar-refractivity contribution in [2.75, 3.05) is 6.61 Å². The van der Waals surface area contributed by atoms with Crippen molar-refractivity contribution in [3.63, 3.8) is 0 Å². The summed E-state index contributed by atoms with van der Waals surface area (Å²) in [6.45, 7) is 3.39. The predicted molar refractivity (Wildman–Crippen MR) is 148 cm³/mol. The Morgan fingerprint density at radius 2 is 1.71 bits per heavy atom. The first kappa shape index (κ1) is 28.2. The summed E-state index contributed by atoms with van der Waals surface area (Å²) in [6, 6.07) is 15.1. The molecule has 4 aromatic rings. The average molecular weight is 596 g/mol. The molecule has 0 saturated carbocycles. The molecule has 0 saturated heterocycles. The largest absolute Gasteiger partial charge is 0.493 e. The van der Waals surface area contributed by atoms with E-state index in [4.69, 9.17) is 55.9 Å². The van der Waals surface area contributed by atoms with E-state index >= 15 is 0 Å². The molecule has 4 rings (SSSR count). The van der Waals surface area contributed by atoms with Crippen molar-refractivity contribution in [2.45, 2.75) is 32.7 Å². The lowest BCUT2D eigenvalue weighted by Crippen LogP contribution is -2.32. The Bertz CT molecular complexity index is 1440. The SMILES string of the molecule is CCOc1ccc([N+](=O)[O-])cc1C[n+]1ccn(CC(OCc2ccc(Cl)cc2Cl)c2ccc(Cl)cc2Cl)c1. The fourth-order valence-corrected chi connectivity index (χ4v) is 4.95. The minimum absolute atomic E-state index is 0.00944. The highest BCUT2D eigenvalue weighted by Gasteiger charge is 2.21. The van der Waals surface area contributed by atoms with Gasteiger partial charge in [0.1, 0.15) is 37.3 Å². The molecule has 1 aromatic heterocycles. The molecule has 11 heteroatoms. The van der Waals surface area contributed by atoms with Gasteiger partial charge in [-0.25, -0.2) is 9.13 Å². The van der Waals surface area contributed by atoms with Gasteiger partial charge in [0.25, 0.3) is 5.69 Å². The van der Waals surface area contributed by atoms with Crippen molar-refractivity contribution in [3.05, 3.63) is 120 Å². The summed E-state index contributed by atoms with van der Waals surface area (Å²) in [5, 5.41) is 13.4. The number of non-ortho nitro benzene ring substituents is 1. The number of imidazole rings is 1. The minimum Gasteiger partial charge on any atom is -0.493 e. The van der Waals surface area contributed by atoms with E-state index in [1.807, 2.05) is 46.9 Å². The number of benzene rings is 3. The van der Waals surface area contributed by atoms with Crippen molar-refractivity contribution in [3.8, 4) is 5.75 Å². The van der Waals surface area contributed by atoms with Crippen molar-refractivity contribution in [1.82, 2.24) is 4.57 Å². The minimum atomic E-state index is -0.427. The van der Waals surface area contributed by atoms with Crippen LogP contribution in [0.3, 0.4) is 0 Å². The number of hydrogen-bond donors (Lipinski definition) is 0. The Morgan fingerprint density at radius 3 is 2.39 bits per heavy atom. The molecule has 0 bridgehead atoms. The molecule has 0 aliphatic heterocycles. The van der Waals surface area contributed by atoms with E-state index in [1.165, 1.54) is 12.1 Å². The van der Waals surface area contributed by atoms with Gasteiger partial charge in [-0.2, -0.15) is 0 Å². The van der Waals surface area contributed by atoms with Crippen molar-refractivity contribution in [2.24, 2.45) is 0 Å². The number of nitro groups is 1. The van der Waals surface area contributed by atoms with E-state index in [1.54, 1.807) is 30.3 Å². The van der Waals surface area contributed by atoms with Gasteiger partial charge in [0.2, 0.25) is 6.33 Å². The van der Waals surface area contributed by atoms with Gasteiger partial charge in [-0.1, -0.05) is 58.5 Å². The highest BCUT2D eigenvalue weighted by Crippen LogP contribution is 2.32. The van der Waals surface area contributed by atoms with Crippen LogP contribution in [0.4, 0.5) is 5.69 Å². The number of aromatic nitrogens is 2. The van der Waals surface area contributed by atoms with Crippen LogP contribution in [-0.4, -0.2) is 16.1 Å². The number of nitro benzene ring substituents is 1. The number of nitrogens with zero attached hydrogens (tertiary/aromatic N) is 3. The standard InChI is InChI=1S/C27H24Cl4N3O4/c1-2-37-26-8-6-22(34(35)36)11-19(26)14-32-9-10-33(17-32)15-27(23-7-5-21(29)13-25(23)31)38-16-18-3-4-20(28)12-24(18)30/h3-13,17,27H,2,14-16H2,1H3/q+1. The lowest BCUT2D eigenvalue weighted by atomic mass is 10.1. The van der Waals surface area contributed by atoms with E-state index in [9.17, 15) is 10.1 Å². The van der Waals surface area contributed by atoms with Gasteiger partial charge in [-0.15, -0.1) is 0 Å². The smallest absolute Gasteiger partial charge is 0.270 e. The van der Waals surface area contributed by atoms with Gasteiger partial charge in [0, 0.05) is 43.4 Å². The average Bonchev–Trinajstić information content (AvgIpc) is 3.30. The quantitative estimate of drug-likeness (QED) is 0.101. The summed E-state index contributed by atoms with van der Waals surface area (Å²) >= 11 is 25.0. The molecule has 0 spiro atoms. The van der Waals surface area contributed by atoms with E-state index in [0.29, 0.717) is 51.1 Å². The summed E-state index contributed by atoms with van der Waals surface area (Å²) in [5.74, 6) is 0.604. The maximum Gasteiger partial charge on any atom is 0.270 e. The fourth-order valence-electron chi connectivity index (χ4n) is 3.96. The molecule has 0 fully saturated rings.